The second kappa shape index (κ2) is 7.69. The zero-order valence-corrected chi connectivity index (χ0v) is 10.5. The molecule has 2 aromatic rings. The quantitative estimate of drug-likeness (QED) is 0.572. The number of carbonyl (C=O) groups is 1. The number of hydrogen-bond acceptors (Lipinski definition) is 4. The van der Waals surface area contributed by atoms with E-state index < -0.39 is 8.53 Å². The normalized spacial score (nSPS) is 9.56. The molecule has 0 aliphatic rings. The number of nitrogens with two attached hydrogens (primary N) is 1. The van der Waals surface area contributed by atoms with Crippen molar-refractivity contribution in [1.29, 1.82) is 0 Å². The van der Waals surface area contributed by atoms with Gasteiger partial charge in [0.1, 0.15) is 0 Å². The van der Waals surface area contributed by atoms with E-state index in [2.05, 4.69) is 5.50 Å². The fourth-order valence-corrected chi connectivity index (χ4v) is 1.35. The van der Waals surface area contributed by atoms with Crippen molar-refractivity contribution in [3.05, 3.63) is 71.8 Å². The molecule has 0 spiro atoms. The second-order valence-corrected chi connectivity index (χ2v) is 4.02. The van der Waals surface area contributed by atoms with Gasteiger partial charge in [0.2, 0.25) is 8.53 Å². The Morgan fingerprint density at radius 3 is 1.39 bits per heavy atom. The number of benzene rings is 2. The molecular weight excluding hydrogens is 249 g/mol. The van der Waals surface area contributed by atoms with Crippen molar-refractivity contribution in [3.8, 4) is 0 Å². The van der Waals surface area contributed by atoms with E-state index in [9.17, 15) is 4.79 Å². The van der Waals surface area contributed by atoms with Crippen molar-refractivity contribution >= 4 is 14.3 Å². The zero-order chi connectivity index (χ0) is 13.4. The van der Waals surface area contributed by atoms with Gasteiger partial charge in [0.05, 0.1) is 0 Å². The van der Waals surface area contributed by atoms with Crippen LogP contribution in [-0.4, -0.2) is 15.6 Å². The third-order valence-electron chi connectivity index (χ3n) is 2.07. The van der Waals surface area contributed by atoms with Crippen LogP contribution in [0.5, 0.6) is 0 Å². The molecule has 2 rings (SSSR count). The minimum Gasteiger partial charge on any atom is -0.338 e. The largest absolute Gasteiger partial charge is 0.338 e. The number of hydrogen-bond donors (Lipinski definition) is 3. The van der Waals surface area contributed by atoms with Gasteiger partial charge in [0.25, 0.3) is 0 Å². The first-order chi connectivity index (χ1) is 8.61. The van der Waals surface area contributed by atoms with Gasteiger partial charge >= 0.3 is 0 Å². The third kappa shape index (κ3) is 5.17. The standard InChI is InChI=1S/C13H10O.H4NO2P/c14-13(11-7-3-1-4-8-11)12-9-5-2-6-10-12;1-4(2)3/h1-10H;2-3H,1H2. The molecule has 0 saturated heterocycles. The van der Waals surface area contributed by atoms with E-state index in [0.29, 0.717) is 0 Å². The molecule has 18 heavy (non-hydrogen) atoms. The molecular formula is C13H14NO3P. The van der Waals surface area contributed by atoms with Crippen molar-refractivity contribution in [3.63, 3.8) is 0 Å². The van der Waals surface area contributed by atoms with Crippen molar-refractivity contribution in [2.75, 3.05) is 0 Å². The molecule has 5 heteroatoms. The molecule has 0 unspecified atom stereocenters. The van der Waals surface area contributed by atoms with Crippen LogP contribution in [0, 0.1) is 0 Å². The molecule has 0 saturated carbocycles. The lowest BCUT2D eigenvalue weighted by Crippen LogP contribution is -1.99. The monoisotopic (exact) mass is 263 g/mol. The van der Waals surface area contributed by atoms with Crippen LogP contribution in [0.2, 0.25) is 0 Å². The minimum absolute atomic E-state index is 0.0752. The highest BCUT2D eigenvalue weighted by atomic mass is 31.2. The molecule has 0 fully saturated rings. The van der Waals surface area contributed by atoms with Gasteiger partial charge in [-0.1, -0.05) is 60.7 Å². The maximum absolute atomic E-state index is 11.8. The Morgan fingerprint density at radius 1 is 0.833 bits per heavy atom. The first kappa shape index (κ1) is 14.5. The summed E-state index contributed by atoms with van der Waals surface area (Å²) in [6.07, 6.45) is 0. The van der Waals surface area contributed by atoms with E-state index in [0.717, 1.165) is 11.1 Å². The van der Waals surface area contributed by atoms with Gasteiger partial charge in [-0.3, -0.25) is 10.3 Å². The maximum atomic E-state index is 11.8. The van der Waals surface area contributed by atoms with E-state index in [1.54, 1.807) is 0 Å². The fourth-order valence-electron chi connectivity index (χ4n) is 1.35. The van der Waals surface area contributed by atoms with Crippen molar-refractivity contribution in [2.45, 2.75) is 0 Å². The predicted molar refractivity (Wildman–Crippen MR) is 71.9 cm³/mol. The summed E-state index contributed by atoms with van der Waals surface area (Å²) in [6, 6.07) is 18.6. The highest BCUT2D eigenvalue weighted by Gasteiger charge is 2.06. The predicted octanol–water partition coefficient (Wildman–Crippen LogP) is 2.07. The Hall–Kier alpha value is -1.58. The van der Waals surface area contributed by atoms with Crippen LogP contribution in [0.15, 0.2) is 60.7 Å². The molecule has 2 aromatic carbocycles. The van der Waals surface area contributed by atoms with Gasteiger partial charge in [-0.15, -0.1) is 0 Å². The summed E-state index contributed by atoms with van der Waals surface area (Å²) in [5, 5.41) is 0. The first-order valence-corrected chi connectivity index (χ1v) is 6.50. The average Bonchev–Trinajstić information content (AvgIpc) is 2.39. The lowest BCUT2D eigenvalue weighted by molar-refractivity contribution is 0.103. The van der Waals surface area contributed by atoms with Gasteiger partial charge in [0, 0.05) is 11.1 Å². The highest BCUT2D eigenvalue weighted by Crippen LogP contribution is 2.08. The Morgan fingerprint density at radius 2 is 1.11 bits per heavy atom. The molecule has 94 valence electrons. The van der Waals surface area contributed by atoms with Crippen molar-refractivity contribution in [2.24, 2.45) is 5.50 Å². The Balaban J connectivity index is 0.000000357. The lowest BCUT2D eigenvalue weighted by Gasteiger charge is -1.99. The van der Waals surface area contributed by atoms with Gasteiger partial charge in [-0.25, -0.2) is 0 Å². The van der Waals surface area contributed by atoms with Crippen molar-refractivity contribution < 1.29 is 14.6 Å². The topological polar surface area (TPSA) is 83.6 Å². The maximum Gasteiger partial charge on any atom is 0.247 e. The van der Waals surface area contributed by atoms with Gasteiger partial charge in [-0.2, -0.15) is 0 Å². The Bertz CT molecular complexity index is 430. The van der Waals surface area contributed by atoms with E-state index in [1.165, 1.54) is 0 Å². The van der Waals surface area contributed by atoms with E-state index >= 15 is 0 Å². The third-order valence-corrected chi connectivity index (χ3v) is 2.07. The molecule has 0 atom stereocenters. The lowest BCUT2D eigenvalue weighted by atomic mass is 10.0. The van der Waals surface area contributed by atoms with Crippen LogP contribution in [0.25, 0.3) is 0 Å². The second-order valence-electron chi connectivity index (χ2n) is 3.38. The summed E-state index contributed by atoms with van der Waals surface area (Å²) < 4.78 is 0. The summed E-state index contributed by atoms with van der Waals surface area (Å²) in [5.74, 6) is 0.0752. The number of rotatable bonds is 2. The van der Waals surface area contributed by atoms with Crippen LogP contribution in [0.4, 0.5) is 0 Å². The van der Waals surface area contributed by atoms with Crippen molar-refractivity contribution in [1.82, 2.24) is 0 Å². The molecule has 0 aliphatic carbocycles. The number of ketones is 1. The van der Waals surface area contributed by atoms with Crippen LogP contribution in [-0.2, 0) is 0 Å². The Kier molecular flexibility index (Phi) is 6.19. The molecule has 0 amide bonds. The van der Waals surface area contributed by atoms with E-state index in [4.69, 9.17) is 9.79 Å². The summed E-state index contributed by atoms with van der Waals surface area (Å²) in [4.78, 5) is 26.8. The van der Waals surface area contributed by atoms with Crippen LogP contribution >= 0.6 is 8.53 Å². The summed E-state index contributed by atoms with van der Waals surface area (Å²) in [6.45, 7) is 0. The highest BCUT2D eigenvalue weighted by molar-refractivity contribution is 7.42. The van der Waals surface area contributed by atoms with Crippen LogP contribution < -0.4 is 5.50 Å². The molecule has 4 N–H and O–H groups in total. The summed E-state index contributed by atoms with van der Waals surface area (Å²) >= 11 is 0. The zero-order valence-electron chi connectivity index (χ0n) is 9.60. The smallest absolute Gasteiger partial charge is 0.247 e. The summed E-state index contributed by atoms with van der Waals surface area (Å²) in [5.41, 5.74) is 5.76. The molecule has 0 heterocycles. The minimum atomic E-state index is -2.12. The molecule has 4 nitrogen and oxygen atoms in total. The molecule has 0 aliphatic heterocycles. The van der Waals surface area contributed by atoms with Crippen LogP contribution in [0.3, 0.4) is 0 Å². The first-order valence-electron chi connectivity index (χ1n) is 5.18. The SMILES string of the molecule is NP(O)O.O=C(c1ccccc1)c1ccccc1. The van der Waals surface area contributed by atoms with Gasteiger partial charge < -0.3 is 9.79 Å². The summed E-state index contributed by atoms with van der Waals surface area (Å²) in [7, 11) is -2.12. The van der Waals surface area contributed by atoms with E-state index in [-0.39, 0.29) is 5.78 Å². The van der Waals surface area contributed by atoms with Gasteiger partial charge in [0.15, 0.2) is 5.78 Å². The molecule has 0 bridgehead atoms. The fraction of sp³-hybridized carbons (Fsp3) is 0. The Labute approximate surface area is 107 Å². The molecule has 0 radical (unpaired) electrons. The number of carbonyl (C=O) groups excluding carboxylic acids is 1. The van der Waals surface area contributed by atoms with E-state index in [1.807, 2.05) is 60.7 Å². The van der Waals surface area contributed by atoms with Crippen LogP contribution in [0.1, 0.15) is 15.9 Å². The molecule has 0 aromatic heterocycles. The van der Waals surface area contributed by atoms with Gasteiger partial charge in [-0.05, 0) is 0 Å². The average molecular weight is 263 g/mol.